The summed E-state index contributed by atoms with van der Waals surface area (Å²) in [6.07, 6.45) is 9.13. The lowest BCUT2D eigenvalue weighted by Crippen LogP contribution is -2.14. The van der Waals surface area contributed by atoms with Gasteiger partial charge in [0, 0.05) is 25.0 Å². The Morgan fingerprint density at radius 3 is 2.56 bits per heavy atom. The minimum absolute atomic E-state index is 0.314. The second-order valence-electron chi connectivity index (χ2n) is 6.62. The van der Waals surface area contributed by atoms with Gasteiger partial charge in [0.05, 0.1) is 6.10 Å². The van der Waals surface area contributed by atoms with Crippen LogP contribution in [0.2, 0.25) is 0 Å². The molecule has 136 valence electrons. The largest absolute Gasteiger partial charge is 0.378 e. The number of benzene rings is 1. The van der Waals surface area contributed by atoms with Gasteiger partial charge in [-0.05, 0) is 56.8 Å². The van der Waals surface area contributed by atoms with Gasteiger partial charge in [-0.3, -0.25) is 4.98 Å². The van der Waals surface area contributed by atoms with Gasteiger partial charge in [-0.2, -0.15) is 0 Å². The van der Waals surface area contributed by atoms with Crippen LogP contribution in [0.25, 0.3) is 0 Å². The highest BCUT2D eigenvalue weighted by Gasteiger charge is 2.03. The van der Waals surface area contributed by atoms with E-state index >= 15 is 0 Å². The van der Waals surface area contributed by atoms with Crippen LogP contribution in [0.1, 0.15) is 50.3 Å². The number of ether oxygens (including phenoxy) is 1. The molecule has 0 saturated heterocycles. The molecule has 1 aromatic carbocycles. The Morgan fingerprint density at radius 1 is 0.960 bits per heavy atom. The molecule has 3 heteroatoms. The van der Waals surface area contributed by atoms with Crippen LogP contribution in [0, 0.1) is 0 Å². The highest BCUT2D eigenvalue weighted by atomic mass is 16.5. The Kier molecular flexibility index (Phi) is 9.90. The van der Waals surface area contributed by atoms with Gasteiger partial charge in [0.15, 0.2) is 0 Å². The van der Waals surface area contributed by atoms with Crippen LogP contribution in [-0.2, 0) is 17.7 Å². The van der Waals surface area contributed by atoms with Crippen LogP contribution in [0.3, 0.4) is 0 Å². The van der Waals surface area contributed by atoms with E-state index in [4.69, 9.17) is 4.74 Å². The molecule has 0 aliphatic carbocycles. The maximum atomic E-state index is 5.91. The number of hydrogen-bond acceptors (Lipinski definition) is 3. The van der Waals surface area contributed by atoms with Crippen molar-refractivity contribution in [2.75, 3.05) is 13.2 Å². The fourth-order valence-electron chi connectivity index (χ4n) is 2.80. The molecule has 1 atom stereocenters. The van der Waals surface area contributed by atoms with Crippen molar-refractivity contribution < 1.29 is 4.74 Å². The zero-order chi connectivity index (χ0) is 17.6. The Labute approximate surface area is 152 Å². The number of rotatable bonds is 13. The second-order valence-corrected chi connectivity index (χ2v) is 6.62. The first-order valence-electron chi connectivity index (χ1n) is 9.61. The van der Waals surface area contributed by atoms with Gasteiger partial charge in [-0.15, -0.1) is 0 Å². The summed E-state index contributed by atoms with van der Waals surface area (Å²) in [6, 6.07) is 16.7. The zero-order valence-corrected chi connectivity index (χ0v) is 15.5. The van der Waals surface area contributed by atoms with Gasteiger partial charge in [0.2, 0.25) is 0 Å². The Hall–Kier alpha value is -1.71. The minimum atomic E-state index is 0.314. The number of aromatic nitrogens is 1. The monoisotopic (exact) mass is 340 g/mol. The third-order valence-corrected chi connectivity index (χ3v) is 4.36. The van der Waals surface area contributed by atoms with Crippen molar-refractivity contribution in [3.05, 3.63) is 66.0 Å². The summed E-state index contributed by atoms with van der Waals surface area (Å²) in [4.78, 5) is 4.35. The number of nitrogens with zero attached hydrogens (tertiary/aromatic N) is 1. The van der Waals surface area contributed by atoms with Crippen molar-refractivity contribution in [2.45, 2.75) is 58.1 Å². The molecule has 0 fully saturated rings. The normalized spacial score (nSPS) is 12.2. The molecule has 1 N–H and O–H groups in total. The van der Waals surface area contributed by atoms with Crippen molar-refractivity contribution in [3.8, 4) is 0 Å². The first-order valence-corrected chi connectivity index (χ1v) is 9.61. The van der Waals surface area contributed by atoms with Crippen molar-refractivity contribution in [1.29, 1.82) is 0 Å². The molecule has 1 heterocycles. The van der Waals surface area contributed by atoms with Gasteiger partial charge in [0.1, 0.15) is 0 Å². The number of aryl methyl sites for hydroxylation is 1. The van der Waals surface area contributed by atoms with Gasteiger partial charge < -0.3 is 10.1 Å². The summed E-state index contributed by atoms with van der Waals surface area (Å²) in [6.45, 7) is 5.10. The van der Waals surface area contributed by atoms with Crippen molar-refractivity contribution in [3.63, 3.8) is 0 Å². The summed E-state index contributed by atoms with van der Waals surface area (Å²) in [5.41, 5.74) is 2.51. The molecule has 1 unspecified atom stereocenters. The summed E-state index contributed by atoms with van der Waals surface area (Å²) in [5.74, 6) is 0. The fraction of sp³-hybridized carbons (Fsp3) is 0.500. The van der Waals surface area contributed by atoms with Crippen LogP contribution in [0.4, 0.5) is 0 Å². The molecule has 2 rings (SSSR count). The third-order valence-electron chi connectivity index (χ3n) is 4.36. The average Bonchev–Trinajstić information content (AvgIpc) is 2.66. The van der Waals surface area contributed by atoms with Crippen LogP contribution in [-0.4, -0.2) is 24.2 Å². The molecule has 0 amide bonds. The number of hydrogen-bond donors (Lipinski definition) is 1. The molecular weight excluding hydrogens is 308 g/mol. The first kappa shape index (κ1) is 19.6. The molecular formula is C22H32N2O. The van der Waals surface area contributed by atoms with Gasteiger partial charge in [-0.25, -0.2) is 0 Å². The Balaban J connectivity index is 1.38. The van der Waals surface area contributed by atoms with Crippen LogP contribution >= 0.6 is 0 Å². The molecule has 0 saturated carbocycles. The Morgan fingerprint density at radius 2 is 1.76 bits per heavy atom. The van der Waals surface area contributed by atoms with E-state index in [9.17, 15) is 0 Å². The second kappa shape index (κ2) is 12.6. The van der Waals surface area contributed by atoms with Crippen LogP contribution in [0.15, 0.2) is 54.7 Å². The molecule has 2 aromatic rings. The summed E-state index contributed by atoms with van der Waals surface area (Å²) < 4.78 is 5.91. The summed E-state index contributed by atoms with van der Waals surface area (Å²) in [5, 5.41) is 3.51. The van der Waals surface area contributed by atoms with E-state index in [1.54, 1.807) is 0 Å². The lowest BCUT2D eigenvalue weighted by atomic mass is 10.1. The van der Waals surface area contributed by atoms with Crippen LogP contribution < -0.4 is 5.32 Å². The standard InChI is InChI=1S/C22H32N2O/c1-20(14-15-22-13-7-9-17-24-22)25-18-10-3-2-8-16-23-19-21-11-5-4-6-12-21/h4-7,9,11-13,17,20,23H,2-3,8,10,14-16,18-19H2,1H3. The van der Waals surface area contributed by atoms with Gasteiger partial charge in [0.25, 0.3) is 0 Å². The van der Waals surface area contributed by atoms with E-state index < -0.39 is 0 Å². The van der Waals surface area contributed by atoms with E-state index in [-0.39, 0.29) is 0 Å². The van der Waals surface area contributed by atoms with E-state index in [1.807, 2.05) is 18.3 Å². The molecule has 1 aromatic heterocycles. The molecule has 0 aliphatic heterocycles. The molecule has 3 nitrogen and oxygen atoms in total. The molecule has 0 aliphatic rings. The number of unbranched alkanes of at least 4 members (excludes halogenated alkanes) is 3. The maximum absolute atomic E-state index is 5.91. The smallest absolute Gasteiger partial charge is 0.0550 e. The topological polar surface area (TPSA) is 34.1 Å². The van der Waals surface area contributed by atoms with E-state index in [0.29, 0.717) is 6.10 Å². The van der Waals surface area contributed by atoms with E-state index in [2.05, 4.69) is 53.6 Å². The lowest BCUT2D eigenvalue weighted by molar-refractivity contribution is 0.0576. The van der Waals surface area contributed by atoms with Crippen LogP contribution in [0.5, 0.6) is 0 Å². The molecule has 0 spiro atoms. The van der Waals surface area contributed by atoms with Gasteiger partial charge in [-0.1, -0.05) is 49.2 Å². The van der Waals surface area contributed by atoms with Crippen molar-refractivity contribution >= 4 is 0 Å². The molecule has 0 radical (unpaired) electrons. The highest BCUT2D eigenvalue weighted by Crippen LogP contribution is 2.07. The highest BCUT2D eigenvalue weighted by molar-refractivity contribution is 5.14. The lowest BCUT2D eigenvalue weighted by Gasteiger charge is -2.12. The number of nitrogens with one attached hydrogen (secondary N) is 1. The van der Waals surface area contributed by atoms with Gasteiger partial charge >= 0.3 is 0 Å². The molecule has 25 heavy (non-hydrogen) atoms. The van der Waals surface area contributed by atoms with E-state index in [0.717, 1.165) is 44.7 Å². The minimum Gasteiger partial charge on any atom is -0.378 e. The SMILES string of the molecule is CC(CCc1ccccn1)OCCCCCCNCc1ccccc1. The summed E-state index contributed by atoms with van der Waals surface area (Å²) >= 11 is 0. The van der Waals surface area contributed by atoms with Crippen molar-refractivity contribution in [2.24, 2.45) is 0 Å². The van der Waals surface area contributed by atoms with Crippen molar-refractivity contribution in [1.82, 2.24) is 10.3 Å². The quantitative estimate of drug-likeness (QED) is 0.533. The average molecular weight is 341 g/mol. The fourth-order valence-corrected chi connectivity index (χ4v) is 2.80. The Bertz CT molecular complexity index is 544. The maximum Gasteiger partial charge on any atom is 0.0550 e. The first-order chi connectivity index (χ1) is 12.3. The molecule has 0 bridgehead atoms. The van der Waals surface area contributed by atoms with E-state index in [1.165, 1.54) is 24.8 Å². The number of pyridine rings is 1. The predicted molar refractivity (Wildman–Crippen MR) is 105 cm³/mol. The predicted octanol–water partition coefficient (Wildman–Crippen LogP) is 4.77. The third kappa shape index (κ3) is 9.37. The zero-order valence-electron chi connectivity index (χ0n) is 15.5. The summed E-state index contributed by atoms with van der Waals surface area (Å²) in [7, 11) is 0.